The van der Waals surface area contributed by atoms with E-state index < -0.39 is 0 Å². The molecule has 0 aliphatic heterocycles. The van der Waals surface area contributed by atoms with Crippen LogP contribution in [0.2, 0.25) is 0 Å². The lowest BCUT2D eigenvalue weighted by molar-refractivity contribution is -0.126. The molecule has 118 valence electrons. The van der Waals surface area contributed by atoms with Gasteiger partial charge in [0.25, 0.3) is 0 Å². The van der Waals surface area contributed by atoms with Crippen molar-refractivity contribution in [1.29, 1.82) is 0 Å². The number of pyridine rings is 1. The maximum absolute atomic E-state index is 12.4. The minimum absolute atomic E-state index is 0.128. The third-order valence-electron chi connectivity index (χ3n) is 4.65. The van der Waals surface area contributed by atoms with E-state index in [1.807, 2.05) is 44.6 Å². The van der Waals surface area contributed by atoms with E-state index in [0.29, 0.717) is 12.6 Å². The number of likely N-dealkylation sites (N-methyl/N-ethyl adjacent to an activating group) is 1. The van der Waals surface area contributed by atoms with Crippen LogP contribution in [-0.4, -0.2) is 39.3 Å². The van der Waals surface area contributed by atoms with Gasteiger partial charge in [0, 0.05) is 18.8 Å². The Morgan fingerprint density at radius 1 is 1.45 bits per heavy atom. The molecular weight excluding hydrogens is 276 g/mol. The minimum Gasteiger partial charge on any atom is -0.352 e. The van der Waals surface area contributed by atoms with E-state index in [2.05, 4.69) is 19.6 Å². The number of hydrogen-bond acceptors (Lipinski definition) is 3. The van der Waals surface area contributed by atoms with Gasteiger partial charge in [-0.1, -0.05) is 18.9 Å². The monoisotopic (exact) mass is 300 g/mol. The summed E-state index contributed by atoms with van der Waals surface area (Å²) in [7, 11) is 1.99. The molecule has 0 unspecified atom stereocenters. The maximum Gasteiger partial charge on any atom is 0.237 e. The Morgan fingerprint density at radius 2 is 2.23 bits per heavy atom. The number of rotatable bonds is 5. The summed E-state index contributed by atoms with van der Waals surface area (Å²) in [5.74, 6) is 0.128. The van der Waals surface area contributed by atoms with Gasteiger partial charge >= 0.3 is 0 Å². The quantitative estimate of drug-likeness (QED) is 0.921. The van der Waals surface area contributed by atoms with Crippen LogP contribution in [0.1, 0.15) is 38.3 Å². The molecule has 0 radical (unpaired) electrons. The van der Waals surface area contributed by atoms with Crippen molar-refractivity contribution in [3.05, 3.63) is 36.3 Å². The van der Waals surface area contributed by atoms with Crippen molar-refractivity contribution >= 4 is 11.6 Å². The molecule has 0 bridgehead atoms. The predicted molar refractivity (Wildman–Crippen MR) is 86.5 cm³/mol. The largest absolute Gasteiger partial charge is 0.352 e. The number of hydrogen-bond donors (Lipinski definition) is 1. The van der Waals surface area contributed by atoms with E-state index in [4.69, 9.17) is 0 Å². The Bertz CT molecular complexity index is 645. The fourth-order valence-electron chi connectivity index (χ4n) is 3.09. The Morgan fingerprint density at radius 3 is 3.00 bits per heavy atom. The van der Waals surface area contributed by atoms with Gasteiger partial charge in [-0.25, -0.2) is 4.98 Å². The van der Waals surface area contributed by atoms with Gasteiger partial charge in [-0.15, -0.1) is 0 Å². The molecule has 1 amide bonds. The molecule has 0 saturated heterocycles. The highest BCUT2D eigenvalue weighted by Crippen LogP contribution is 2.18. The van der Waals surface area contributed by atoms with Crippen LogP contribution in [0.15, 0.2) is 30.6 Å². The second-order valence-corrected chi connectivity index (χ2v) is 6.26. The average molecular weight is 300 g/mol. The van der Waals surface area contributed by atoms with Gasteiger partial charge in [0.05, 0.1) is 17.9 Å². The van der Waals surface area contributed by atoms with Crippen LogP contribution in [0, 0.1) is 0 Å². The SMILES string of the molecule is C[C@@H](C(=O)NC1CCCC1)N(C)Cc1cnc2ccccn12. The summed E-state index contributed by atoms with van der Waals surface area (Å²) in [6, 6.07) is 6.19. The van der Waals surface area contributed by atoms with Crippen molar-refractivity contribution in [2.75, 3.05) is 7.05 Å². The summed E-state index contributed by atoms with van der Waals surface area (Å²) in [6.45, 7) is 2.66. The molecule has 2 heterocycles. The van der Waals surface area contributed by atoms with Crippen molar-refractivity contribution < 1.29 is 4.79 Å². The molecule has 1 atom stereocenters. The van der Waals surface area contributed by atoms with Crippen LogP contribution in [0.3, 0.4) is 0 Å². The lowest BCUT2D eigenvalue weighted by Crippen LogP contribution is -2.46. The zero-order valence-corrected chi connectivity index (χ0v) is 13.3. The number of fused-ring (bicyclic) bond motifs is 1. The molecule has 2 aromatic rings. The maximum atomic E-state index is 12.4. The number of amides is 1. The fraction of sp³-hybridized carbons (Fsp3) is 0.529. The predicted octanol–water partition coefficient (Wildman–Crippen LogP) is 2.21. The van der Waals surface area contributed by atoms with Gasteiger partial charge in [0.1, 0.15) is 5.65 Å². The minimum atomic E-state index is -0.144. The number of imidazole rings is 1. The lowest BCUT2D eigenvalue weighted by atomic mass is 10.2. The first kappa shape index (κ1) is 15.0. The molecule has 3 rings (SSSR count). The molecule has 5 heteroatoms. The van der Waals surface area contributed by atoms with Crippen molar-refractivity contribution in [3.63, 3.8) is 0 Å². The Labute approximate surface area is 131 Å². The van der Waals surface area contributed by atoms with Crippen molar-refractivity contribution in [2.45, 2.75) is 51.2 Å². The standard InChI is InChI=1S/C17H24N4O/c1-13(17(22)19-14-7-3-4-8-14)20(2)12-15-11-18-16-9-5-6-10-21(15)16/h5-6,9-11,13-14H,3-4,7-8,12H2,1-2H3,(H,19,22)/t13-/m0/s1. The molecule has 22 heavy (non-hydrogen) atoms. The second-order valence-electron chi connectivity index (χ2n) is 6.26. The molecule has 1 N–H and O–H groups in total. The third-order valence-corrected chi connectivity index (χ3v) is 4.65. The number of nitrogens with zero attached hydrogens (tertiary/aromatic N) is 3. The van der Waals surface area contributed by atoms with Crippen molar-refractivity contribution in [2.24, 2.45) is 0 Å². The van der Waals surface area contributed by atoms with Gasteiger partial charge in [-0.3, -0.25) is 9.69 Å². The first-order valence-electron chi connectivity index (χ1n) is 8.07. The Kier molecular flexibility index (Phi) is 4.43. The van der Waals surface area contributed by atoms with E-state index in [1.54, 1.807) is 0 Å². The lowest BCUT2D eigenvalue weighted by Gasteiger charge is -2.25. The third kappa shape index (κ3) is 3.14. The highest BCUT2D eigenvalue weighted by atomic mass is 16.2. The summed E-state index contributed by atoms with van der Waals surface area (Å²) >= 11 is 0. The molecule has 5 nitrogen and oxygen atoms in total. The second kappa shape index (κ2) is 6.48. The van der Waals surface area contributed by atoms with Gasteiger partial charge in [-0.2, -0.15) is 0 Å². The number of aromatic nitrogens is 2. The van der Waals surface area contributed by atoms with E-state index in [9.17, 15) is 4.79 Å². The van der Waals surface area contributed by atoms with Crippen LogP contribution in [-0.2, 0) is 11.3 Å². The van der Waals surface area contributed by atoms with Crippen molar-refractivity contribution in [1.82, 2.24) is 19.6 Å². The molecule has 2 aromatic heterocycles. The molecule has 0 aromatic carbocycles. The van der Waals surface area contributed by atoms with Crippen LogP contribution < -0.4 is 5.32 Å². The van der Waals surface area contributed by atoms with Gasteiger partial charge in [-0.05, 0) is 38.9 Å². The summed E-state index contributed by atoms with van der Waals surface area (Å²) in [5.41, 5.74) is 2.03. The normalized spacial score (nSPS) is 17.2. The number of carbonyl (C=O) groups is 1. The van der Waals surface area contributed by atoms with E-state index >= 15 is 0 Å². The fourth-order valence-corrected chi connectivity index (χ4v) is 3.09. The highest BCUT2D eigenvalue weighted by Gasteiger charge is 2.23. The average Bonchev–Trinajstić information content (AvgIpc) is 3.17. The van der Waals surface area contributed by atoms with E-state index in [1.165, 1.54) is 12.8 Å². The van der Waals surface area contributed by atoms with Crippen LogP contribution >= 0.6 is 0 Å². The van der Waals surface area contributed by atoms with Gasteiger partial charge < -0.3 is 9.72 Å². The van der Waals surface area contributed by atoms with Gasteiger partial charge in [0.2, 0.25) is 5.91 Å². The smallest absolute Gasteiger partial charge is 0.237 e. The van der Waals surface area contributed by atoms with E-state index in [0.717, 1.165) is 24.2 Å². The first-order valence-corrected chi connectivity index (χ1v) is 8.07. The Balaban J connectivity index is 1.62. The van der Waals surface area contributed by atoms with Crippen LogP contribution in [0.25, 0.3) is 5.65 Å². The number of nitrogens with one attached hydrogen (secondary N) is 1. The zero-order valence-electron chi connectivity index (χ0n) is 13.3. The number of carbonyl (C=O) groups excluding carboxylic acids is 1. The molecule has 1 saturated carbocycles. The molecule has 0 spiro atoms. The summed E-state index contributed by atoms with van der Waals surface area (Å²) in [4.78, 5) is 18.8. The first-order chi connectivity index (χ1) is 10.6. The van der Waals surface area contributed by atoms with E-state index in [-0.39, 0.29) is 11.9 Å². The van der Waals surface area contributed by atoms with Gasteiger partial charge in [0.15, 0.2) is 0 Å². The topological polar surface area (TPSA) is 49.6 Å². The summed E-state index contributed by atoms with van der Waals surface area (Å²) < 4.78 is 2.07. The molecule has 1 aliphatic rings. The highest BCUT2D eigenvalue weighted by molar-refractivity contribution is 5.81. The van der Waals surface area contributed by atoms with Crippen LogP contribution in [0.4, 0.5) is 0 Å². The van der Waals surface area contributed by atoms with Crippen LogP contribution in [0.5, 0.6) is 0 Å². The molecule has 1 fully saturated rings. The Hall–Kier alpha value is -1.88. The summed E-state index contributed by atoms with van der Waals surface area (Å²) in [5, 5.41) is 3.17. The molecule has 1 aliphatic carbocycles. The molecular formula is C17H24N4O. The summed E-state index contributed by atoms with van der Waals surface area (Å²) in [6.07, 6.45) is 8.60. The van der Waals surface area contributed by atoms with Crippen molar-refractivity contribution in [3.8, 4) is 0 Å². The zero-order chi connectivity index (χ0) is 15.5.